The number of aromatic nitrogens is 2. The summed E-state index contributed by atoms with van der Waals surface area (Å²) in [6.45, 7) is 2.43. The van der Waals surface area contributed by atoms with Crippen molar-refractivity contribution in [3.8, 4) is 0 Å². The van der Waals surface area contributed by atoms with Crippen molar-refractivity contribution in [3.05, 3.63) is 47.5 Å². The molecule has 1 amide bonds. The van der Waals surface area contributed by atoms with E-state index in [2.05, 4.69) is 10.3 Å². The fraction of sp³-hybridized carbons (Fsp3) is 0.312. The van der Waals surface area contributed by atoms with Crippen LogP contribution in [0.4, 0.5) is 5.69 Å². The van der Waals surface area contributed by atoms with E-state index in [0.717, 1.165) is 31.6 Å². The Morgan fingerprint density at radius 2 is 2.14 bits per heavy atom. The number of rotatable bonds is 3. The van der Waals surface area contributed by atoms with E-state index in [0.29, 0.717) is 16.9 Å². The third-order valence-electron chi connectivity index (χ3n) is 3.67. The predicted octanol–water partition coefficient (Wildman–Crippen LogP) is 2.67. The normalized spacial score (nSPS) is 13.6. The Morgan fingerprint density at radius 3 is 2.90 bits per heavy atom. The minimum Gasteiger partial charge on any atom is -0.334 e. The molecular formula is C16H17N3O2. The molecule has 1 aliphatic rings. The average molecular weight is 283 g/mol. The van der Waals surface area contributed by atoms with E-state index in [9.17, 15) is 9.59 Å². The van der Waals surface area contributed by atoms with E-state index in [1.165, 1.54) is 6.92 Å². The lowest BCUT2D eigenvalue weighted by atomic mass is 10.1. The van der Waals surface area contributed by atoms with Crippen LogP contribution in [0.1, 0.15) is 46.4 Å². The summed E-state index contributed by atoms with van der Waals surface area (Å²) in [6, 6.07) is 6.93. The van der Waals surface area contributed by atoms with Gasteiger partial charge in [-0.3, -0.25) is 9.59 Å². The lowest BCUT2D eigenvalue weighted by Gasteiger charge is -2.11. The molecule has 0 radical (unpaired) electrons. The number of carbonyl (C=O) groups excluding carboxylic acids is 2. The van der Waals surface area contributed by atoms with Crippen LogP contribution in [0.3, 0.4) is 0 Å². The highest BCUT2D eigenvalue weighted by atomic mass is 16.2. The van der Waals surface area contributed by atoms with Crippen LogP contribution in [0.5, 0.6) is 0 Å². The third-order valence-corrected chi connectivity index (χ3v) is 3.67. The molecule has 1 aliphatic heterocycles. The highest BCUT2D eigenvalue weighted by Crippen LogP contribution is 2.16. The van der Waals surface area contributed by atoms with Gasteiger partial charge in [-0.2, -0.15) is 0 Å². The molecule has 0 spiro atoms. The molecule has 0 atom stereocenters. The van der Waals surface area contributed by atoms with Gasteiger partial charge in [0.1, 0.15) is 11.5 Å². The zero-order valence-electron chi connectivity index (χ0n) is 11.9. The first-order valence-electron chi connectivity index (χ1n) is 7.12. The van der Waals surface area contributed by atoms with Gasteiger partial charge in [0, 0.05) is 30.4 Å². The Balaban J connectivity index is 1.78. The number of hydrogen-bond donors (Lipinski definition) is 1. The van der Waals surface area contributed by atoms with Crippen molar-refractivity contribution < 1.29 is 9.59 Å². The number of amides is 1. The maximum Gasteiger partial charge on any atom is 0.275 e. The van der Waals surface area contributed by atoms with Crippen molar-refractivity contribution in [3.63, 3.8) is 0 Å². The van der Waals surface area contributed by atoms with Crippen LogP contribution in [0.2, 0.25) is 0 Å². The molecule has 2 heterocycles. The summed E-state index contributed by atoms with van der Waals surface area (Å²) in [5.41, 5.74) is 1.62. The van der Waals surface area contributed by atoms with Crippen LogP contribution >= 0.6 is 0 Å². The highest BCUT2D eigenvalue weighted by molar-refractivity contribution is 6.03. The summed E-state index contributed by atoms with van der Waals surface area (Å²) in [4.78, 5) is 28.0. The predicted molar refractivity (Wildman–Crippen MR) is 79.6 cm³/mol. The standard InChI is InChI=1S/C16H17N3O2/c1-11(20)12-5-4-6-13(9-12)17-16(21)14-10-19-8-3-2-7-15(19)18-14/h4-6,9-10H,2-3,7-8H2,1H3,(H,17,21). The minimum atomic E-state index is -0.238. The topological polar surface area (TPSA) is 64.0 Å². The first kappa shape index (κ1) is 13.5. The summed E-state index contributed by atoms with van der Waals surface area (Å²) in [6.07, 6.45) is 4.98. The molecular weight excluding hydrogens is 266 g/mol. The molecule has 2 aromatic rings. The Labute approximate surface area is 123 Å². The molecule has 3 rings (SSSR count). The van der Waals surface area contributed by atoms with Crippen molar-refractivity contribution >= 4 is 17.4 Å². The van der Waals surface area contributed by atoms with Crippen LogP contribution in [-0.2, 0) is 13.0 Å². The van der Waals surface area contributed by atoms with Crippen molar-refractivity contribution in [1.82, 2.24) is 9.55 Å². The number of Topliss-reactive ketones (excluding diaryl/α,β-unsaturated/α-hetero) is 1. The molecule has 1 N–H and O–H groups in total. The zero-order chi connectivity index (χ0) is 14.8. The molecule has 5 heteroatoms. The number of aryl methyl sites for hydroxylation is 2. The van der Waals surface area contributed by atoms with Crippen LogP contribution < -0.4 is 5.32 Å². The van der Waals surface area contributed by atoms with Gasteiger partial charge in [0.05, 0.1) is 0 Å². The third kappa shape index (κ3) is 2.86. The van der Waals surface area contributed by atoms with Gasteiger partial charge in [-0.1, -0.05) is 12.1 Å². The molecule has 0 aliphatic carbocycles. The Bertz CT molecular complexity index is 680. The van der Waals surface area contributed by atoms with Crippen LogP contribution in [-0.4, -0.2) is 21.2 Å². The van der Waals surface area contributed by atoms with Crippen molar-refractivity contribution in [2.75, 3.05) is 5.32 Å². The minimum absolute atomic E-state index is 0.0245. The second-order valence-electron chi connectivity index (χ2n) is 5.28. The monoisotopic (exact) mass is 283 g/mol. The summed E-state index contributed by atoms with van der Waals surface area (Å²) in [5, 5.41) is 2.80. The molecule has 0 unspecified atom stereocenters. The van der Waals surface area contributed by atoms with E-state index in [1.807, 2.05) is 4.57 Å². The van der Waals surface area contributed by atoms with Gasteiger partial charge in [0.25, 0.3) is 5.91 Å². The van der Waals surface area contributed by atoms with Crippen molar-refractivity contribution in [2.24, 2.45) is 0 Å². The summed E-state index contributed by atoms with van der Waals surface area (Å²) < 4.78 is 2.05. The fourth-order valence-corrected chi connectivity index (χ4v) is 2.53. The van der Waals surface area contributed by atoms with E-state index >= 15 is 0 Å². The van der Waals surface area contributed by atoms with E-state index < -0.39 is 0 Å². The Morgan fingerprint density at radius 1 is 1.29 bits per heavy atom. The highest BCUT2D eigenvalue weighted by Gasteiger charge is 2.16. The molecule has 0 bridgehead atoms. The van der Waals surface area contributed by atoms with Gasteiger partial charge in [-0.15, -0.1) is 0 Å². The van der Waals surface area contributed by atoms with Crippen LogP contribution in [0, 0.1) is 0 Å². The molecule has 1 aromatic heterocycles. The molecule has 21 heavy (non-hydrogen) atoms. The lowest BCUT2D eigenvalue weighted by Crippen LogP contribution is -2.12. The largest absolute Gasteiger partial charge is 0.334 e. The number of ketones is 1. The number of fused-ring (bicyclic) bond motifs is 1. The summed E-state index contributed by atoms with van der Waals surface area (Å²) in [7, 11) is 0. The first-order chi connectivity index (χ1) is 10.1. The Kier molecular flexibility index (Phi) is 3.56. The molecule has 108 valence electrons. The van der Waals surface area contributed by atoms with Gasteiger partial charge in [0.2, 0.25) is 0 Å². The van der Waals surface area contributed by atoms with Gasteiger partial charge >= 0.3 is 0 Å². The van der Waals surface area contributed by atoms with Gasteiger partial charge in [0.15, 0.2) is 5.78 Å². The summed E-state index contributed by atoms with van der Waals surface area (Å²) >= 11 is 0. The van der Waals surface area contributed by atoms with E-state index in [1.54, 1.807) is 30.5 Å². The van der Waals surface area contributed by atoms with Gasteiger partial charge in [-0.05, 0) is 31.9 Å². The number of benzene rings is 1. The number of hydrogen-bond acceptors (Lipinski definition) is 3. The maximum atomic E-state index is 12.2. The molecule has 1 aromatic carbocycles. The second-order valence-corrected chi connectivity index (χ2v) is 5.28. The molecule has 0 saturated heterocycles. The number of nitrogens with zero attached hydrogens (tertiary/aromatic N) is 2. The number of imidazole rings is 1. The number of nitrogens with one attached hydrogen (secondary N) is 1. The average Bonchev–Trinajstić information content (AvgIpc) is 2.91. The maximum absolute atomic E-state index is 12.2. The smallest absolute Gasteiger partial charge is 0.275 e. The molecule has 5 nitrogen and oxygen atoms in total. The Hall–Kier alpha value is -2.43. The lowest BCUT2D eigenvalue weighted by molar-refractivity contribution is 0.100. The fourth-order valence-electron chi connectivity index (χ4n) is 2.53. The zero-order valence-corrected chi connectivity index (χ0v) is 11.9. The van der Waals surface area contributed by atoms with Crippen molar-refractivity contribution in [2.45, 2.75) is 32.7 Å². The summed E-state index contributed by atoms with van der Waals surface area (Å²) in [5.74, 6) is 0.713. The van der Waals surface area contributed by atoms with Gasteiger partial charge in [-0.25, -0.2) is 4.98 Å². The van der Waals surface area contributed by atoms with Crippen LogP contribution in [0.15, 0.2) is 30.5 Å². The van der Waals surface area contributed by atoms with E-state index in [4.69, 9.17) is 0 Å². The first-order valence-corrected chi connectivity index (χ1v) is 7.12. The SMILES string of the molecule is CC(=O)c1cccc(NC(=O)c2cn3c(n2)CCCC3)c1. The van der Waals surface area contributed by atoms with Crippen molar-refractivity contribution in [1.29, 1.82) is 0 Å². The quantitative estimate of drug-likeness (QED) is 0.881. The van der Waals surface area contributed by atoms with Crippen LogP contribution in [0.25, 0.3) is 0 Å². The van der Waals surface area contributed by atoms with E-state index in [-0.39, 0.29) is 11.7 Å². The second kappa shape index (κ2) is 5.52. The number of carbonyl (C=O) groups is 2. The number of anilines is 1. The molecule has 0 saturated carbocycles. The molecule has 0 fully saturated rings. The van der Waals surface area contributed by atoms with Gasteiger partial charge < -0.3 is 9.88 Å².